The van der Waals surface area contributed by atoms with Crippen LogP contribution in [-0.4, -0.2) is 31.5 Å². The molecular formula is C27H21N3O4. The monoisotopic (exact) mass is 451 g/mol. The van der Waals surface area contributed by atoms with Gasteiger partial charge in [-0.05, 0) is 31.5 Å². The molecule has 8 rings (SSSR count). The van der Waals surface area contributed by atoms with Crippen LogP contribution < -0.4 is 5.32 Å². The predicted molar refractivity (Wildman–Crippen MR) is 128 cm³/mol. The zero-order chi connectivity index (χ0) is 23.1. The van der Waals surface area contributed by atoms with Gasteiger partial charge in [-0.1, -0.05) is 36.4 Å². The van der Waals surface area contributed by atoms with Crippen LogP contribution in [0.4, 0.5) is 0 Å². The highest BCUT2D eigenvalue weighted by Gasteiger charge is 2.63. The topological polar surface area (TPSA) is 85.5 Å². The fraction of sp³-hybridized carbons (Fsp3) is 0.259. The second kappa shape index (κ2) is 5.51. The van der Waals surface area contributed by atoms with E-state index in [1.54, 1.807) is 0 Å². The summed E-state index contributed by atoms with van der Waals surface area (Å²) in [6, 6.07) is 16.0. The van der Waals surface area contributed by atoms with Gasteiger partial charge in [0.05, 0.1) is 27.6 Å². The van der Waals surface area contributed by atoms with Crippen molar-refractivity contribution in [2.45, 2.75) is 44.4 Å². The number of carbonyl (C=O) groups excluding carboxylic acids is 2. The van der Waals surface area contributed by atoms with Crippen molar-refractivity contribution in [3.05, 3.63) is 59.7 Å². The Hall–Kier alpha value is -3.68. The molecule has 7 heteroatoms. The number of ketones is 1. The van der Waals surface area contributed by atoms with Crippen molar-refractivity contribution < 1.29 is 19.4 Å². The number of aliphatic hydroxyl groups is 1. The molecule has 2 N–H and O–H groups in total. The average Bonchev–Trinajstić information content (AvgIpc) is 3.51. The van der Waals surface area contributed by atoms with Gasteiger partial charge in [-0.2, -0.15) is 0 Å². The molecule has 3 atom stereocenters. The second-order valence-electron chi connectivity index (χ2n) is 9.90. The zero-order valence-electron chi connectivity index (χ0n) is 18.7. The SMILES string of the molecule is CC(=O)[C@@]1(O)CC2O[C@]1(C)n1c3ccccc3c3c4c(c5c6ccccc6n2c5c31)C(=O)NC4. The highest BCUT2D eigenvalue weighted by Crippen LogP contribution is 2.57. The molecule has 3 aliphatic heterocycles. The molecule has 168 valence electrons. The number of para-hydroxylation sites is 2. The van der Waals surface area contributed by atoms with Crippen molar-refractivity contribution in [1.82, 2.24) is 14.5 Å². The molecule has 1 saturated heterocycles. The summed E-state index contributed by atoms with van der Waals surface area (Å²) in [5.74, 6) is -0.393. The minimum Gasteiger partial charge on any atom is -0.377 e. The number of hydrogen-bond acceptors (Lipinski definition) is 4. The van der Waals surface area contributed by atoms with Crippen LogP contribution in [0.15, 0.2) is 48.5 Å². The number of amides is 1. The lowest BCUT2D eigenvalue weighted by atomic mass is 9.85. The first kappa shape index (κ1) is 18.7. The molecular weight excluding hydrogens is 430 g/mol. The summed E-state index contributed by atoms with van der Waals surface area (Å²) in [5.41, 5.74) is 2.24. The summed E-state index contributed by atoms with van der Waals surface area (Å²) in [6.07, 6.45) is -0.436. The molecule has 3 aromatic carbocycles. The standard InChI is InChI=1S/C27H21N3O4/c1-13(31)27(33)11-19-29-17-9-5-3-7-14(17)21-22-16(12-28-25(22)32)20-15-8-4-6-10-18(15)30(24(20)23(21)29)26(27,2)34-19/h3-10,19,33H,11-12H2,1-2H3,(H,28,32)/t19?,26-,27-/m0/s1. The van der Waals surface area contributed by atoms with Crippen LogP contribution in [0.2, 0.25) is 0 Å². The minimum absolute atomic E-state index is 0.0709. The Labute approximate surface area is 193 Å². The number of nitrogens with zero attached hydrogens (tertiary/aromatic N) is 2. The summed E-state index contributed by atoms with van der Waals surface area (Å²) in [7, 11) is 0. The molecule has 0 saturated carbocycles. The lowest BCUT2D eigenvalue weighted by molar-refractivity contribution is -0.184. The Bertz CT molecular complexity index is 1810. The van der Waals surface area contributed by atoms with Crippen molar-refractivity contribution in [3.8, 4) is 0 Å². The largest absolute Gasteiger partial charge is 0.377 e. The molecule has 7 nitrogen and oxygen atoms in total. The third kappa shape index (κ3) is 1.74. The van der Waals surface area contributed by atoms with Gasteiger partial charge in [0.25, 0.3) is 5.91 Å². The average molecular weight is 451 g/mol. The lowest BCUT2D eigenvalue weighted by Crippen LogP contribution is -2.55. The van der Waals surface area contributed by atoms with Gasteiger partial charge in [-0.25, -0.2) is 0 Å². The van der Waals surface area contributed by atoms with E-state index in [-0.39, 0.29) is 18.1 Å². The van der Waals surface area contributed by atoms with E-state index in [0.717, 1.165) is 49.2 Å². The van der Waals surface area contributed by atoms with Crippen LogP contribution in [0.1, 0.15) is 42.4 Å². The van der Waals surface area contributed by atoms with Crippen LogP contribution in [0.5, 0.6) is 0 Å². The Morgan fingerprint density at radius 3 is 2.47 bits per heavy atom. The quantitative estimate of drug-likeness (QED) is 0.402. The molecule has 2 bridgehead atoms. The predicted octanol–water partition coefficient (Wildman–Crippen LogP) is 4.07. The first-order valence-electron chi connectivity index (χ1n) is 11.6. The number of carbonyl (C=O) groups is 2. The van der Waals surface area contributed by atoms with Gasteiger partial charge in [0, 0.05) is 34.5 Å². The van der Waals surface area contributed by atoms with Crippen LogP contribution in [0.3, 0.4) is 0 Å². The summed E-state index contributed by atoms with van der Waals surface area (Å²) in [4.78, 5) is 26.2. The normalized spacial score (nSPS) is 27.3. The Kier molecular flexibility index (Phi) is 3.03. The van der Waals surface area contributed by atoms with Crippen molar-refractivity contribution in [2.24, 2.45) is 0 Å². The van der Waals surface area contributed by atoms with Crippen LogP contribution in [-0.2, 0) is 21.8 Å². The first-order valence-corrected chi connectivity index (χ1v) is 11.6. The Morgan fingerprint density at radius 1 is 1.06 bits per heavy atom. The number of fused-ring (bicyclic) bond motifs is 13. The molecule has 5 aromatic rings. The number of ether oxygens (including phenoxy) is 1. The highest BCUT2D eigenvalue weighted by atomic mass is 16.6. The second-order valence-corrected chi connectivity index (χ2v) is 9.90. The van der Waals surface area contributed by atoms with E-state index in [1.807, 2.05) is 60.0 Å². The molecule has 1 unspecified atom stereocenters. The maximum absolute atomic E-state index is 13.2. The molecule has 0 spiro atoms. The Balaban J connectivity index is 1.77. The molecule has 1 amide bonds. The van der Waals surface area contributed by atoms with E-state index in [2.05, 4.69) is 9.88 Å². The van der Waals surface area contributed by atoms with Gasteiger partial charge in [-0.15, -0.1) is 0 Å². The van der Waals surface area contributed by atoms with Crippen molar-refractivity contribution in [1.29, 1.82) is 0 Å². The summed E-state index contributed by atoms with van der Waals surface area (Å²) >= 11 is 0. The van der Waals surface area contributed by atoms with Crippen molar-refractivity contribution in [3.63, 3.8) is 0 Å². The fourth-order valence-corrected chi connectivity index (χ4v) is 6.92. The molecule has 34 heavy (non-hydrogen) atoms. The first-order chi connectivity index (χ1) is 16.4. The maximum Gasteiger partial charge on any atom is 0.252 e. The minimum atomic E-state index is -1.71. The van der Waals surface area contributed by atoms with E-state index in [4.69, 9.17) is 4.74 Å². The van der Waals surface area contributed by atoms with Gasteiger partial charge in [0.2, 0.25) is 0 Å². The lowest BCUT2D eigenvalue weighted by Gasteiger charge is -2.38. The van der Waals surface area contributed by atoms with Gasteiger partial charge < -0.3 is 24.3 Å². The summed E-state index contributed by atoms with van der Waals surface area (Å²) in [5, 5.41) is 18.8. The van der Waals surface area contributed by atoms with Gasteiger partial charge in [-0.3, -0.25) is 9.59 Å². The van der Waals surface area contributed by atoms with E-state index in [9.17, 15) is 14.7 Å². The number of nitrogens with one attached hydrogen (secondary N) is 1. The van der Waals surface area contributed by atoms with Gasteiger partial charge in [0.15, 0.2) is 17.1 Å². The van der Waals surface area contributed by atoms with E-state index in [0.29, 0.717) is 12.1 Å². The van der Waals surface area contributed by atoms with Crippen LogP contribution in [0, 0.1) is 0 Å². The molecule has 1 fully saturated rings. The van der Waals surface area contributed by atoms with Crippen molar-refractivity contribution >= 4 is 55.3 Å². The third-order valence-corrected chi connectivity index (χ3v) is 8.42. The number of benzene rings is 3. The van der Waals surface area contributed by atoms with E-state index < -0.39 is 17.6 Å². The molecule has 0 radical (unpaired) electrons. The molecule has 2 aromatic heterocycles. The molecule has 5 heterocycles. The van der Waals surface area contributed by atoms with Gasteiger partial charge >= 0.3 is 0 Å². The summed E-state index contributed by atoms with van der Waals surface area (Å²) in [6.45, 7) is 3.69. The van der Waals surface area contributed by atoms with Gasteiger partial charge in [0.1, 0.15) is 6.23 Å². The third-order valence-electron chi connectivity index (χ3n) is 8.42. The maximum atomic E-state index is 13.2. The number of Topliss-reactive ketones (excluding diaryl/α,β-unsaturated/α-hetero) is 1. The Morgan fingerprint density at radius 2 is 1.74 bits per heavy atom. The van der Waals surface area contributed by atoms with Crippen LogP contribution in [0.25, 0.3) is 43.6 Å². The molecule has 3 aliphatic rings. The smallest absolute Gasteiger partial charge is 0.252 e. The number of aromatic nitrogens is 2. The summed E-state index contributed by atoms with van der Waals surface area (Å²) < 4.78 is 10.8. The zero-order valence-corrected chi connectivity index (χ0v) is 18.7. The number of rotatable bonds is 1. The fourth-order valence-electron chi connectivity index (χ4n) is 6.92. The van der Waals surface area contributed by atoms with Crippen LogP contribution >= 0.6 is 0 Å². The van der Waals surface area contributed by atoms with E-state index in [1.165, 1.54) is 6.92 Å². The van der Waals surface area contributed by atoms with E-state index >= 15 is 0 Å². The number of hydrogen-bond donors (Lipinski definition) is 2. The highest BCUT2D eigenvalue weighted by molar-refractivity contribution is 6.31. The molecule has 0 aliphatic carbocycles. The van der Waals surface area contributed by atoms with Crippen molar-refractivity contribution in [2.75, 3.05) is 0 Å².